The van der Waals surface area contributed by atoms with Crippen LogP contribution in [0.2, 0.25) is 0 Å². The van der Waals surface area contributed by atoms with E-state index in [1.807, 2.05) is 0 Å². The number of phenolic OH excluding ortho intramolecular Hbond substituents is 1. The van der Waals surface area contributed by atoms with Gasteiger partial charge >= 0.3 is 0 Å². The maximum absolute atomic E-state index is 9.49. The summed E-state index contributed by atoms with van der Waals surface area (Å²) in [6.45, 7) is 1.80. The predicted molar refractivity (Wildman–Crippen MR) is 54.8 cm³/mol. The average molecular weight is 296 g/mol. The van der Waals surface area contributed by atoms with Gasteiger partial charge in [-0.2, -0.15) is 0 Å². The van der Waals surface area contributed by atoms with E-state index in [-0.39, 0.29) is 5.75 Å². The van der Waals surface area contributed by atoms with E-state index in [0.29, 0.717) is 10.2 Å². The van der Waals surface area contributed by atoms with Crippen molar-refractivity contribution < 1.29 is 9.84 Å². The molecule has 0 aromatic heterocycles. The number of methoxy groups -OCH3 is 1. The molecule has 0 heterocycles. The van der Waals surface area contributed by atoms with Gasteiger partial charge in [0.2, 0.25) is 0 Å². The third-order valence-corrected chi connectivity index (χ3v) is 2.79. The van der Waals surface area contributed by atoms with E-state index in [0.717, 1.165) is 10.0 Å². The SMILES string of the molecule is COc1c(Br)cc(Br)c(O)c1C. The first kappa shape index (κ1) is 9.86. The van der Waals surface area contributed by atoms with Gasteiger partial charge in [0.25, 0.3) is 0 Å². The van der Waals surface area contributed by atoms with Crippen molar-refractivity contribution in [1.29, 1.82) is 0 Å². The molecule has 12 heavy (non-hydrogen) atoms. The van der Waals surface area contributed by atoms with Gasteiger partial charge in [-0.1, -0.05) is 0 Å². The zero-order valence-electron chi connectivity index (χ0n) is 6.69. The lowest BCUT2D eigenvalue weighted by Crippen LogP contribution is -1.89. The summed E-state index contributed by atoms with van der Waals surface area (Å²) in [5.41, 5.74) is 0.721. The summed E-state index contributed by atoms with van der Waals surface area (Å²) in [6.07, 6.45) is 0. The Kier molecular flexibility index (Phi) is 3.01. The van der Waals surface area contributed by atoms with Crippen molar-refractivity contribution in [3.8, 4) is 11.5 Å². The lowest BCUT2D eigenvalue weighted by Gasteiger charge is -2.09. The first-order valence-electron chi connectivity index (χ1n) is 3.29. The first-order valence-corrected chi connectivity index (χ1v) is 4.88. The standard InChI is InChI=1S/C8H8Br2O2/c1-4-7(11)5(9)3-6(10)8(4)12-2/h3,11H,1-2H3. The van der Waals surface area contributed by atoms with Crippen molar-refractivity contribution >= 4 is 31.9 Å². The molecule has 0 amide bonds. The second-order valence-electron chi connectivity index (χ2n) is 2.35. The van der Waals surface area contributed by atoms with Crippen LogP contribution in [0, 0.1) is 6.92 Å². The van der Waals surface area contributed by atoms with E-state index in [9.17, 15) is 5.11 Å². The maximum Gasteiger partial charge on any atom is 0.139 e. The molecule has 4 heteroatoms. The molecule has 0 aliphatic rings. The Bertz CT molecular complexity index is 310. The molecule has 1 N–H and O–H groups in total. The van der Waals surface area contributed by atoms with Gasteiger partial charge in [-0.3, -0.25) is 0 Å². The van der Waals surface area contributed by atoms with Crippen molar-refractivity contribution in [3.05, 3.63) is 20.6 Å². The highest BCUT2D eigenvalue weighted by atomic mass is 79.9. The molecule has 1 aromatic carbocycles. The number of ether oxygens (including phenoxy) is 1. The Morgan fingerprint density at radius 1 is 1.33 bits per heavy atom. The molecule has 0 saturated heterocycles. The maximum atomic E-state index is 9.49. The Morgan fingerprint density at radius 3 is 2.42 bits per heavy atom. The number of phenols is 1. The molecule has 0 saturated carbocycles. The van der Waals surface area contributed by atoms with Crippen LogP contribution in [-0.2, 0) is 0 Å². The van der Waals surface area contributed by atoms with E-state index >= 15 is 0 Å². The fourth-order valence-electron chi connectivity index (χ4n) is 0.962. The summed E-state index contributed by atoms with van der Waals surface area (Å²) in [5, 5.41) is 9.49. The van der Waals surface area contributed by atoms with E-state index in [4.69, 9.17) is 4.74 Å². The Labute approximate surface area is 87.8 Å². The molecule has 66 valence electrons. The number of hydrogen-bond donors (Lipinski definition) is 1. The van der Waals surface area contributed by atoms with Gasteiger partial charge in [-0.15, -0.1) is 0 Å². The van der Waals surface area contributed by atoms with Crippen LogP contribution in [0.25, 0.3) is 0 Å². The summed E-state index contributed by atoms with van der Waals surface area (Å²) in [5.74, 6) is 0.880. The highest BCUT2D eigenvalue weighted by Crippen LogP contribution is 2.39. The van der Waals surface area contributed by atoms with Crippen molar-refractivity contribution in [2.75, 3.05) is 7.11 Å². The van der Waals surface area contributed by atoms with Crippen molar-refractivity contribution in [1.82, 2.24) is 0 Å². The molecule has 0 fully saturated rings. The average Bonchev–Trinajstić information content (AvgIpc) is 2.01. The second kappa shape index (κ2) is 3.66. The molecule has 0 atom stereocenters. The topological polar surface area (TPSA) is 29.5 Å². The molecule has 1 aromatic rings. The molecular weight excluding hydrogens is 288 g/mol. The van der Waals surface area contributed by atoms with Crippen LogP contribution in [0.15, 0.2) is 15.0 Å². The van der Waals surface area contributed by atoms with E-state index < -0.39 is 0 Å². The molecule has 0 aliphatic carbocycles. The van der Waals surface area contributed by atoms with Crippen LogP contribution in [0.4, 0.5) is 0 Å². The highest BCUT2D eigenvalue weighted by molar-refractivity contribution is 9.11. The van der Waals surface area contributed by atoms with Crippen LogP contribution in [0.5, 0.6) is 11.5 Å². The number of rotatable bonds is 1. The van der Waals surface area contributed by atoms with E-state index in [1.165, 1.54) is 0 Å². The predicted octanol–water partition coefficient (Wildman–Crippen LogP) is 3.23. The zero-order valence-corrected chi connectivity index (χ0v) is 9.86. The Balaban J connectivity index is 3.40. The normalized spacial score (nSPS) is 10.0. The van der Waals surface area contributed by atoms with Crippen LogP contribution in [0.3, 0.4) is 0 Å². The Hall–Kier alpha value is -0.220. The van der Waals surface area contributed by atoms with Crippen molar-refractivity contribution in [3.63, 3.8) is 0 Å². The van der Waals surface area contributed by atoms with Crippen molar-refractivity contribution in [2.45, 2.75) is 6.92 Å². The molecule has 0 bridgehead atoms. The van der Waals surface area contributed by atoms with Gasteiger partial charge < -0.3 is 9.84 Å². The number of benzene rings is 1. The number of hydrogen-bond acceptors (Lipinski definition) is 2. The minimum atomic E-state index is 0.218. The quantitative estimate of drug-likeness (QED) is 0.862. The fourth-order valence-corrected chi connectivity index (χ4v) is 2.48. The van der Waals surface area contributed by atoms with Crippen LogP contribution >= 0.6 is 31.9 Å². The van der Waals surface area contributed by atoms with Crippen molar-refractivity contribution in [2.24, 2.45) is 0 Å². The Morgan fingerprint density at radius 2 is 1.92 bits per heavy atom. The molecule has 2 nitrogen and oxygen atoms in total. The summed E-state index contributed by atoms with van der Waals surface area (Å²) in [7, 11) is 1.57. The minimum absolute atomic E-state index is 0.218. The smallest absolute Gasteiger partial charge is 0.139 e. The molecule has 1 rings (SSSR count). The van der Waals surface area contributed by atoms with Gasteiger partial charge in [0, 0.05) is 5.56 Å². The molecule has 0 aliphatic heterocycles. The van der Waals surface area contributed by atoms with E-state index in [2.05, 4.69) is 31.9 Å². The third kappa shape index (κ3) is 1.59. The number of halogens is 2. The highest BCUT2D eigenvalue weighted by Gasteiger charge is 2.11. The third-order valence-electron chi connectivity index (χ3n) is 1.60. The van der Waals surface area contributed by atoms with E-state index in [1.54, 1.807) is 20.1 Å². The summed E-state index contributed by atoms with van der Waals surface area (Å²) >= 11 is 6.55. The van der Waals surface area contributed by atoms with Crippen LogP contribution in [0.1, 0.15) is 5.56 Å². The van der Waals surface area contributed by atoms with Crippen LogP contribution < -0.4 is 4.74 Å². The monoisotopic (exact) mass is 294 g/mol. The molecule has 0 radical (unpaired) electrons. The first-order chi connectivity index (χ1) is 5.57. The van der Waals surface area contributed by atoms with Crippen LogP contribution in [-0.4, -0.2) is 12.2 Å². The molecule has 0 spiro atoms. The lowest BCUT2D eigenvalue weighted by atomic mass is 10.2. The summed E-state index contributed by atoms with van der Waals surface area (Å²) in [6, 6.07) is 1.75. The fraction of sp³-hybridized carbons (Fsp3) is 0.250. The summed E-state index contributed by atoms with van der Waals surface area (Å²) < 4.78 is 6.57. The minimum Gasteiger partial charge on any atom is -0.506 e. The lowest BCUT2D eigenvalue weighted by molar-refractivity contribution is 0.399. The largest absolute Gasteiger partial charge is 0.506 e. The van der Waals surface area contributed by atoms with Gasteiger partial charge in [0.1, 0.15) is 11.5 Å². The number of aromatic hydroxyl groups is 1. The van der Waals surface area contributed by atoms with Gasteiger partial charge in [-0.25, -0.2) is 0 Å². The molecular formula is C8H8Br2O2. The van der Waals surface area contributed by atoms with Gasteiger partial charge in [0.05, 0.1) is 16.1 Å². The van der Waals surface area contributed by atoms with Gasteiger partial charge in [0.15, 0.2) is 0 Å². The molecule has 0 unspecified atom stereocenters. The second-order valence-corrected chi connectivity index (χ2v) is 4.06. The van der Waals surface area contributed by atoms with Gasteiger partial charge in [-0.05, 0) is 44.8 Å². The summed E-state index contributed by atoms with van der Waals surface area (Å²) in [4.78, 5) is 0. The zero-order chi connectivity index (χ0) is 9.30.